The molecule has 0 bridgehead atoms. The van der Waals surface area contributed by atoms with Crippen molar-refractivity contribution in [2.75, 3.05) is 4.90 Å². The van der Waals surface area contributed by atoms with Crippen LogP contribution in [0.1, 0.15) is 39.7 Å². The number of nitrogens with zero attached hydrogens (tertiary/aromatic N) is 2. The maximum absolute atomic E-state index is 13.9. The molecular weight excluding hydrogens is 535 g/mol. The van der Waals surface area contributed by atoms with Crippen molar-refractivity contribution in [1.82, 2.24) is 4.98 Å². The van der Waals surface area contributed by atoms with Gasteiger partial charge in [-0.1, -0.05) is 41.9 Å². The van der Waals surface area contributed by atoms with Gasteiger partial charge in [-0.3, -0.25) is 14.6 Å². The first kappa shape index (κ1) is 28.4. The molecule has 0 saturated heterocycles. The predicted molar refractivity (Wildman–Crippen MR) is 149 cm³/mol. The van der Waals surface area contributed by atoms with Crippen molar-refractivity contribution in [3.63, 3.8) is 0 Å². The Kier molecular flexibility index (Phi) is 8.91. The van der Waals surface area contributed by atoms with Gasteiger partial charge in [-0.2, -0.15) is 0 Å². The van der Waals surface area contributed by atoms with Crippen LogP contribution < -0.4 is 4.90 Å². The largest absolute Gasteiger partial charge is 0.425 e. The average molecular weight is 561 g/mol. The Morgan fingerprint density at radius 2 is 1.65 bits per heavy atom. The lowest BCUT2D eigenvalue weighted by atomic mass is 9.99. The number of anilines is 2. The fourth-order valence-electron chi connectivity index (χ4n) is 4.11. The Morgan fingerprint density at radius 3 is 2.33 bits per heavy atom. The summed E-state index contributed by atoms with van der Waals surface area (Å²) in [6.07, 6.45) is -0.693. The van der Waals surface area contributed by atoms with E-state index in [0.717, 1.165) is 5.56 Å². The first-order valence-corrected chi connectivity index (χ1v) is 12.8. The number of halogens is 2. The van der Waals surface area contributed by atoms with E-state index < -0.39 is 24.2 Å². The first-order chi connectivity index (χ1) is 19.1. The summed E-state index contributed by atoms with van der Waals surface area (Å²) >= 11 is 6.54. The molecule has 4 aromatic rings. The number of rotatable bonds is 8. The third-order valence-electron chi connectivity index (χ3n) is 6.04. The van der Waals surface area contributed by atoms with Crippen LogP contribution in [0.4, 0.5) is 20.6 Å². The smallest absolute Gasteiger partial charge is 0.422 e. The van der Waals surface area contributed by atoms with E-state index in [1.165, 1.54) is 42.2 Å². The molecule has 40 heavy (non-hydrogen) atoms. The molecule has 0 aliphatic heterocycles. The van der Waals surface area contributed by atoms with Gasteiger partial charge in [-0.15, -0.1) is 0 Å². The summed E-state index contributed by atoms with van der Waals surface area (Å²) < 4.78 is 24.6. The van der Waals surface area contributed by atoms with Crippen molar-refractivity contribution < 1.29 is 28.2 Å². The normalized spacial score (nSPS) is 11.4. The summed E-state index contributed by atoms with van der Waals surface area (Å²) in [4.78, 5) is 44.2. The Morgan fingerprint density at radius 1 is 0.900 bits per heavy atom. The second-order valence-corrected chi connectivity index (χ2v) is 9.42. The van der Waals surface area contributed by atoms with E-state index in [4.69, 9.17) is 21.1 Å². The number of hydrogen-bond donors (Lipinski definition) is 0. The fourth-order valence-corrected chi connectivity index (χ4v) is 4.37. The summed E-state index contributed by atoms with van der Waals surface area (Å²) in [5.74, 6) is -1.38. The maximum Gasteiger partial charge on any atom is 0.422 e. The molecule has 1 amide bonds. The van der Waals surface area contributed by atoms with Gasteiger partial charge >= 0.3 is 12.1 Å². The van der Waals surface area contributed by atoms with Crippen LogP contribution in [0.2, 0.25) is 5.02 Å². The van der Waals surface area contributed by atoms with Gasteiger partial charge in [0.1, 0.15) is 5.82 Å². The van der Waals surface area contributed by atoms with Crippen LogP contribution in [0.25, 0.3) is 0 Å². The van der Waals surface area contributed by atoms with Gasteiger partial charge in [0.05, 0.1) is 28.5 Å². The van der Waals surface area contributed by atoms with Gasteiger partial charge in [0, 0.05) is 24.2 Å². The molecule has 0 aliphatic carbocycles. The first-order valence-electron chi connectivity index (χ1n) is 12.4. The molecule has 0 radical (unpaired) electrons. The molecule has 3 aromatic carbocycles. The zero-order valence-corrected chi connectivity index (χ0v) is 22.8. The van der Waals surface area contributed by atoms with Crippen LogP contribution in [0.5, 0.6) is 0 Å². The summed E-state index contributed by atoms with van der Waals surface area (Å²) in [7, 11) is 0. The highest BCUT2D eigenvalue weighted by Gasteiger charge is 2.26. The highest BCUT2D eigenvalue weighted by Crippen LogP contribution is 2.34. The lowest BCUT2D eigenvalue weighted by Crippen LogP contribution is -2.32. The van der Waals surface area contributed by atoms with E-state index >= 15 is 0 Å². The molecule has 4 rings (SSSR count). The number of ketones is 1. The molecule has 1 heterocycles. The molecular formula is C31H26ClFN2O5. The minimum atomic E-state index is -1.25. The summed E-state index contributed by atoms with van der Waals surface area (Å²) in [5.41, 5.74) is 3.07. The third-order valence-corrected chi connectivity index (χ3v) is 6.36. The number of ether oxygens (including phenoxy) is 2. The minimum Gasteiger partial charge on any atom is -0.425 e. The zero-order valence-electron chi connectivity index (χ0n) is 22.1. The Labute approximate surface area is 236 Å². The van der Waals surface area contributed by atoms with Crippen molar-refractivity contribution in [3.05, 3.63) is 124 Å². The van der Waals surface area contributed by atoms with E-state index in [9.17, 15) is 18.8 Å². The molecule has 0 spiro atoms. The van der Waals surface area contributed by atoms with Gasteiger partial charge in [0.15, 0.2) is 5.78 Å². The Bertz CT molecular complexity index is 1560. The lowest BCUT2D eigenvalue weighted by Gasteiger charge is -2.26. The van der Waals surface area contributed by atoms with Crippen LogP contribution in [-0.4, -0.2) is 29.1 Å². The second kappa shape index (κ2) is 12.5. The number of benzene rings is 3. The predicted octanol–water partition coefficient (Wildman–Crippen LogP) is 7.13. The SMILES string of the molecule is Cc1ccccc1C(=O)c1ccc(N(C(=O)OC(C)OC(=O)Cc2ccccn2)c2ccc(F)cc2C)cc1Cl. The Hall–Kier alpha value is -4.56. The van der Waals surface area contributed by atoms with Gasteiger partial charge in [-0.25, -0.2) is 14.1 Å². The molecule has 7 nitrogen and oxygen atoms in total. The number of carbonyl (C=O) groups is 3. The summed E-state index contributed by atoms with van der Waals surface area (Å²) in [6, 6.07) is 20.7. The molecule has 0 N–H and O–H groups in total. The molecule has 1 unspecified atom stereocenters. The van der Waals surface area contributed by atoms with Crippen molar-refractivity contribution in [2.45, 2.75) is 33.5 Å². The monoisotopic (exact) mass is 560 g/mol. The number of aryl methyl sites for hydroxylation is 2. The minimum absolute atomic E-state index is 0.102. The van der Waals surface area contributed by atoms with Crippen molar-refractivity contribution >= 4 is 40.8 Å². The molecule has 1 atom stereocenters. The van der Waals surface area contributed by atoms with E-state index in [1.54, 1.807) is 49.5 Å². The van der Waals surface area contributed by atoms with Crippen LogP contribution in [0.3, 0.4) is 0 Å². The van der Waals surface area contributed by atoms with Gasteiger partial charge in [0.2, 0.25) is 6.29 Å². The average Bonchev–Trinajstić information content (AvgIpc) is 2.90. The van der Waals surface area contributed by atoms with Crippen molar-refractivity contribution in [1.29, 1.82) is 0 Å². The summed E-state index contributed by atoms with van der Waals surface area (Å²) in [6.45, 7) is 4.86. The van der Waals surface area contributed by atoms with E-state index in [2.05, 4.69) is 4.98 Å². The van der Waals surface area contributed by atoms with Gasteiger partial charge < -0.3 is 9.47 Å². The number of aromatic nitrogens is 1. The van der Waals surface area contributed by atoms with E-state index in [1.807, 2.05) is 19.1 Å². The molecule has 1 aromatic heterocycles. The van der Waals surface area contributed by atoms with Gasteiger partial charge in [-0.05, 0) is 73.5 Å². The molecule has 0 aliphatic rings. The maximum atomic E-state index is 13.9. The number of esters is 1. The number of hydrogen-bond acceptors (Lipinski definition) is 6. The topological polar surface area (TPSA) is 85.8 Å². The standard InChI is InChI=1S/C31H26ClFN2O5/c1-19-8-4-5-10-25(19)30(37)26-13-12-24(18-27(26)32)35(28-14-11-22(33)16-20(28)2)31(38)40-21(3)39-29(36)17-23-9-6-7-15-34-23/h4-16,18,21H,17H2,1-3H3. The summed E-state index contributed by atoms with van der Waals surface area (Å²) in [5, 5.41) is 0.109. The zero-order chi connectivity index (χ0) is 28.8. The molecule has 204 valence electrons. The lowest BCUT2D eigenvalue weighted by molar-refractivity contribution is -0.163. The fraction of sp³-hybridized carbons (Fsp3) is 0.161. The second-order valence-electron chi connectivity index (χ2n) is 9.01. The van der Waals surface area contributed by atoms with Crippen LogP contribution in [0, 0.1) is 19.7 Å². The highest BCUT2D eigenvalue weighted by atomic mass is 35.5. The molecule has 0 fully saturated rings. The molecule has 9 heteroatoms. The molecule has 0 saturated carbocycles. The van der Waals surface area contributed by atoms with Crippen molar-refractivity contribution in [2.24, 2.45) is 0 Å². The quantitative estimate of drug-likeness (QED) is 0.129. The van der Waals surface area contributed by atoms with Crippen LogP contribution in [0.15, 0.2) is 85.1 Å². The van der Waals surface area contributed by atoms with E-state index in [-0.39, 0.29) is 28.5 Å². The Balaban J connectivity index is 1.60. The van der Waals surface area contributed by atoms with Crippen LogP contribution >= 0.6 is 11.6 Å². The number of carbonyl (C=O) groups excluding carboxylic acids is 3. The number of amides is 1. The van der Waals surface area contributed by atoms with E-state index in [0.29, 0.717) is 22.5 Å². The highest BCUT2D eigenvalue weighted by molar-refractivity contribution is 6.35. The number of pyridine rings is 1. The van der Waals surface area contributed by atoms with Crippen molar-refractivity contribution in [3.8, 4) is 0 Å². The van der Waals surface area contributed by atoms with Crippen LogP contribution in [-0.2, 0) is 20.7 Å². The third kappa shape index (κ3) is 6.71. The van der Waals surface area contributed by atoms with Gasteiger partial charge in [0.25, 0.3) is 0 Å².